The first kappa shape index (κ1) is 12.7. The molecule has 0 aliphatic heterocycles. The third-order valence-corrected chi connectivity index (χ3v) is 3.64. The summed E-state index contributed by atoms with van der Waals surface area (Å²) in [5, 5.41) is 0.0614. The van der Waals surface area contributed by atoms with Crippen molar-refractivity contribution in [2.75, 3.05) is 6.26 Å². The third-order valence-electron chi connectivity index (χ3n) is 2.58. The summed E-state index contributed by atoms with van der Waals surface area (Å²) in [5.41, 5.74) is 7.58. The van der Waals surface area contributed by atoms with Gasteiger partial charge in [-0.3, -0.25) is 0 Å². The lowest BCUT2D eigenvalue weighted by molar-refractivity contribution is 0.596. The van der Waals surface area contributed by atoms with Crippen molar-refractivity contribution < 1.29 is 8.42 Å². The molecule has 2 rings (SSSR count). The summed E-state index contributed by atoms with van der Waals surface area (Å²) >= 11 is 0. The Bertz CT molecular complexity index is 652. The minimum absolute atomic E-state index is 0.0614. The fraction of sp³-hybridized carbons (Fsp3) is 0.154. The Morgan fingerprint density at radius 3 is 2.33 bits per heavy atom. The molecule has 2 aromatic rings. The van der Waals surface area contributed by atoms with Crippen LogP contribution in [-0.4, -0.2) is 19.7 Å². The van der Waals surface area contributed by atoms with E-state index < -0.39 is 9.84 Å². The van der Waals surface area contributed by atoms with Gasteiger partial charge in [0.05, 0.1) is 5.69 Å². The predicted molar refractivity (Wildman–Crippen MR) is 70.7 cm³/mol. The molecule has 18 heavy (non-hydrogen) atoms. The van der Waals surface area contributed by atoms with E-state index in [-0.39, 0.29) is 11.6 Å². The Labute approximate surface area is 106 Å². The van der Waals surface area contributed by atoms with Gasteiger partial charge in [-0.2, -0.15) is 0 Å². The van der Waals surface area contributed by atoms with Gasteiger partial charge >= 0.3 is 0 Å². The average Bonchev–Trinajstić information content (AvgIpc) is 2.38. The molecule has 1 aromatic carbocycles. The van der Waals surface area contributed by atoms with Crippen LogP contribution < -0.4 is 5.73 Å². The summed E-state index contributed by atoms with van der Waals surface area (Å²) in [7, 11) is -3.37. The van der Waals surface area contributed by atoms with Gasteiger partial charge in [-0.25, -0.2) is 13.4 Å². The minimum Gasteiger partial charge on any atom is -0.326 e. The second-order valence-electron chi connectivity index (χ2n) is 4.00. The van der Waals surface area contributed by atoms with Crippen molar-refractivity contribution in [1.82, 2.24) is 4.98 Å². The molecule has 0 spiro atoms. The molecular formula is C13H14N2O2S. The quantitative estimate of drug-likeness (QED) is 0.912. The number of pyridine rings is 1. The summed E-state index contributed by atoms with van der Waals surface area (Å²) in [6, 6.07) is 12.9. The van der Waals surface area contributed by atoms with E-state index in [0.29, 0.717) is 11.3 Å². The molecule has 2 N–H and O–H groups in total. The number of hydrogen-bond acceptors (Lipinski definition) is 4. The first-order valence-corrected chi connectivity index (χ1v) is 7.37. The second kappa shape index (κ2) is 4.88. The zero-order valence-corrected chi connectivity index (χ0v) is 10.8. The maximum absolute atomic E-state index is 11.7. The molecule has 4 nitrogen and oxygen atoms in total. The predicted octanol–water partition coefficient (Wildman–Crippen LogP) is 1.61. The number of sulfone groups is 1. The van der Waals surface area contributed by atoms with Crippen molar-refractivity contribution >= 4 is 9.84 Å². The number of nitrogens with zero attached hydrogens (tertiary/aromatic N) is 1. The van der Waals surface area contributed by atoms with Gasteiger partial charge in [0.2, 0.25) is 0 Å². The summed E-state index contributed by atoms with van der Waals surface area (Å²) in [6.07, 6.45) is 1.14. The van der Waals surface area contributed by atoms with Crippen molar-refractivity contribution in [3.63, 3.8) is 0 Å². The molecular weight excluding hydrogens is 248 g/mol. The van der Waals surface area contributed by atoms with Crippen LogP contribution in [0.25, 0.3) is 11.3 Å². The SMILES string of the molecule is CS(=O)(=O)c1nc(-c2ccccc2)ccc1CN. The molecule has 5 heteroatoms. The lowest BCUT2D eigenvalue weighted by Crippen LogP contribution is -2.09. The van der Waals surface area contributed by atoms with Crippen molar-refractivity contribution in [2.45, 2.75) is 11.6 Å². The molecule has 0 fully saturated rings. The van der Waals surface area contributed by atoms with Crippen LogP contribution in [0.4, 0.5) is 0 Å². The fourth-order valence-electron chi connectivity index (χ4n) is 1.72. The highest BCUT2D eigenvalue weighted by atomic mass is 32.2. The lowest BCUT2D eigenvalue weighted by atomic mass is 10.1. The van der Waals surface area contributed by atoms with E-state index in [0.717, 1.165) is 11.8 Å². The minimum atomic E-state index is -3.37. The Kier molecular flexibility index (Phi) is 3.45. The van der Waals surface area contributed by atoms with Gasteiger partial charge in [0.1, 0.15) is 0 Å². The van der Waals surface area contributed by atoms with Crippen LogP contribution in [0.2, 0.25) is 0 Å². The number of nitrogens with two attached hydrogens (primary N) is 1. The Morgan fingerprint density at radius 2 is 1.78 bits per heavy atom. The number of benzene rings is 1. The van der Waals surface area contributed by atoms with Crippen LogP contribution in [-0.2, 0) is 16.4 Å². The zero-order chi connectivity index (χ0) is 13.2. The van der Waals surface area contributed by atoms with E-state index in [2.05, 4.69) is 4.98 Å². The Morgan fingerprint density at radius 1 is 1.11 bits per heavy atom. The van der Waals surface area contributed by atoms with Crippen molar-refractivity contribution in [2.24, 2.45) is 5.73 Å². The van der Waals surface area contributed by atoms with Crippen LogP contribution >= 0.6 is 0 Å². The standard InChI is InChI=1S/C13H14N2O2S/c1-18(16,17)13-11(9-14)7-8-12(15-13)10-5-3-2-4-6-10/h2-8H,9,14H2,1H3. The molecule has 0 amide bonds. The molecule has 94 valence electrons. The first-order valence-electron chi connectivity index (χ1n) is 5.48. The van der Waals surface area contributed by atoms with Crippen LogP contribution in [0.5, 0.6) is 0 Å². The van der Waals surface area contributed by atoms with Gasteiger partial charge in [0.15, 0.2) is 14.9 Å². The van der Waals surface area contributed by atoms with E-state index >= 15 is 0 Å². The zero-order valence-electron chi connectivity index (χ0n) is 10.00. The van der Waals surface area contributed by atoms with Gasteiger partial charge in [0.25, 0.3) is 0 Å². The van der Waals surface area contributed by atoms with Crippen molar-refractivity contribution in [3.8, 4) is 11.3 Å². The largest absolute Gasteiger partial charge is 0.326 e. The van der Waals surface area contributed by atoms with E-state index in [1.54, 1.807) is 12.1 Å². The van der Waals surface area contributed by atoms with Crippen LogP contribution in [0.1, 0.15) is 5.56 Å². The molecule has 0 saturated heterocycles. The number of aromatic nitrogens is 1. The van der Waals surface area contributed by atoms with E-state index in [1.807, 2.05) is 30.3 Å². The van der Waals surface area contributed by atoms with Crippen LogP contribution in [0.15, 0.2) is 47.5 Å². The van der Waals surface area contributed by atoms with Crippen LogP contribution in [0, 0.1) is 0 Å². The Balaban J connectivity index is 2.61. The maximum atomic E-state index is 11.7. The molecule has 1 heterocycles. The molecule has 0 saturated carbocycles. The second-order valence-corrected chi connectivity index (χ2v) is 5.93. The van der Waals surface area contributed by atoms with Gasteiger partial charge in [-0.15, -0.1) is 0 Å². The number of hydrogen-bond donors (Lipinski definition) is 1. The van der Waals surface area contributed by atoms with Crippen molar-refractivity contribution in [3.05, 3.63) is 48.0 Å². The third kappa shape index (κ3) is 2.57. The van der Waals surface area contributed by atoms with Gasteiger partial charge < -0.3 is 5.73 Å². The van der Waals surface area contributed by atoms with Gasteiger partial charge in [-0.1, -0.05) is 36.4 Å². The Hall–Kier alpha value is -1.72. The topological polar surface area (TPSA) is 73.0 Å². The van der Waals surface area contributed by atoms with Crippen LogP contribution in [0.3, 0.4) is 0 Å². The molecule has 0 unspecified atom stereocenters. The summed E-state index contributed by atoms with van der Waals surface area (Å²) < 4.78 is 23.4. The maximum Gasteiger partial charge on any atom is 0.193 e. The molecule has 0 radical (unpaired) electrons. The molecule has 1 aromatic heterocycles. The monoisotopic (exact) mass is 262 g/mol. The highest BCUT2D eigenvalue weighted by molar-refractivity contribution is 7.90. The van der Waals surface area contributed by atoms with E-state index in [4.69, 9.17) is 5.73 Å². The molecule has 0 atom stereocenters. The number of rotatable bonds is 3. The van der Waals surface area contributed by atoms with Gasteiger partial charge in [0, 0.05) is 23.9 Å². The first-order chi connectivity index (χ1) is 8.52. The smallest absolute Gasteiger partial charge is 0.193 e. The van der Waals surface area contributed by atoms with E-state index in [1.165, 1.54) is 0 Å². The molecule has 0 aliphatic carbocycles. The summed E-state index contributed by atoms with van der Waals surface area (Å²) in [5.74, 6) is 0. The highest BCUT2D eigenvalue weighted by Gasteiger charge is 2.15. The average molecular weight is 262 g/mol. The summed E-state index contributed by atoms with van der Waals surface area (Å²) in [6.45, 7) is 0.157. The lowest BCUT2D eigenvalue weighted by Gasteiger charge is -2.08. The molecule has 0 bridgehead atoms. The van der Waals surface area contributed by atoms with Crippen molar-refractivity contribution in [1.29, 1.82) is 0 Å². The fourth-order valence-corrected chi connectivity index (χ4v) is 2.61. The normalized spacial score (nSPS) is 11.4. The highest BCUT2D eigenvalue weighted by Crippen LogP contribution is 2.21. The van der Waals surface area contributed by atoms with E-state index in [9.17, 15) is 8.42 Å². The molecule has 0 aliphatic rings. The van der Waals surface area contributed by atoms with Gasteiger partial charge in [-0.05, 0) is 6.07 Å². The summed E-state index contributed by atoms with van der Waals surface area (Å²) in [4.78, 5) is 4.22.